The molecule has 1 N–H and O–H groups in total. The first-order valence-corrected chi connectivity index (χ1v) is 7.80. The smallest absolute Gasteiger partial charge is 0.104 e. The maximum Gasteiger partial charge on any atom is 0.104 e. The molecule has 1 saturated heterocycles. The Morgan fingerprint density at radius 2 is 1.78 bits per heavy atom. The van der Waals surface area contributed by atoms with E-state index in [-0.39, 0.29) is 0 Å². The van der Waals surface area contributed by atoms with Gasteiger partial charge in [0.05, 0.1) is 6.54 Å². The number of ether oxygens (including phenoxy) is 1. The molecule has 0 aromatic heterocycles. The third-order valence-electron chi connectivity index (χ3n) is 3.36. The molecule has 1 aliphatic rings. The highest BCUT2D eigenvalue weighted by Gasteiger charge is 2.24. The van der Waals surface area contributed by atoms with Crippen LogP contribution in [0.15, 0.2) is 29.2 Å². The van der Waals surface area contributed by atoms with Crippen LogP contribution >= 0.6 is 11.8 Å². The molecule has 2 rings (SSSR count). The van der Waals surface area contributed by atoms with Gasteiger partial charge >= 0.3 is 0 Å². The van der Waals surface area contributed by atoms with Crippen molar-refractivity contribution in [2.24, 2.45) is 0 Å². The lowest BCUT2D eigenvalue weighted by atomic mass is 10.2. The van der Waals surface area contributed by atoms with Crippen LogP contribution in [0.3, 0.4) is 0 Å². The van der Waals surface area contributed by atoms with Crippen molar-refractivity contribution < 1.29 is 9.64 Å². The fourth-order valence-electron chi connectivity index (χ4n) is 2.54. The molecule has 18 heavy (non-hydrogen) atoms. The van der Waals surface area contributed by atoms with Gasteiger partial charge in [0.25, 0.3) is 0 Å². The lowest BCUT2D eigenvalue weighted by molar-refractivity contribution is -0.912. The van der Waals surface area contributed by atoms with Gasteiger partial charge in [-0.25, -0.2) is 0 Å². The predicted octanol–water partition coefficient (Wildman–Crippen LogP) is 1.78. The number of morpholine rings is 1. The minimum absolute atomic E-state index is 0.410. The van der Waals surface area contributed by atoms with Gasteiger partial charge in [-0.2, -0.15) is 0 Å². The Bertz CT molecular complexity index is 355. The van der Waals surface area contributed by atoms with Gasteiger partial charge in [0.1, 0.15) is 25.3 Å². The summed E-state index contributed by atoms with van der Waals surface area (Å²) in [6.07, 6.45) is 0.821. The number of nitrogens with one attached hydrogen (secondary N) is 1. The first-order chi connectivity index (χ1) is 8.63. The molecule has 1 heterocycles. The van der Waals surface area contributed by atoms with Gasteiger partial charge in [0.15, 0.2) is 0 Å². The number of benzene rings is 1. The maximum absolute atomic E-state index is 5.77. The fraction of sp³-hybridized carbons (Fsp3) is 0.600. The molecule has 100 valence electrons. The average molecular weight is 266 g/mol. The second-order valence-electron chi connectivity index (χ2n) is 5.33. The zero-order chi connectivity index (χ0) is 13.0. The Labute approximate surface area is 115 Å². The van der Waals surface area contributed by atoms with Gasteiger partial charge in [0, 0.05) is 10.6 Å². The zero-order valence-electron chi connectivity index (χ0n) is 11.6. The molecule has 0 saturated carbocycles. The summed E-state index contributed by atoms with van der Waals surface area (Å²) in [4.78, 5) is 3.07. The van der Waals surface area contributed by atoms with Crippen LogP contribution in [0, 0.1) is 6.92 Å². The standard InChI is InChI=1S/C15H23NOS/c1-12-4-6-15(7-5-12)18-9-8-16-10-13(2)17-14(3)11-16/h4-7,13-14H,8-11H2,1-3H3/p+1/t13-,14-/m0/s1. The topological polar surface area (TPSA) is 13.7 Å². The number of aryl methyl sites for hydroxylation is 1. The molecule has 1 aromatic rings. The Balaban J connectivity index is 1.73. The summed E-state index contributed by atoms with van der Waals surface area (Å²) < 4.78 is 5.77. The summed E-state index contributed by atoms with van der Waals surface area (Å²) in [7, 11) is 0. The molecular formula is C15H24NOS+. The van der Waals surface area contributed by atoms with Crippen molar-refractivity contribution in [1.82, 2.24) is 0 Å². The van der Waals surface area contributed by atoms with E-state index in [0.29, 0.717) is 12.2 Å². The average Bonchev–Trinajstić information content (AvgIpc) is 2.30. The summed E-state index contributed by atoms with van der Waals surface area (Å²) in [5.74, 6) is 1.19. The number of rotatable bonds is 4. The molecule has 1 fully saturated rings. The van der Waals surface area contributed by atoms with E-state index < -0.39 is 0 Å². The van der Waals surface area contributed by atoms with E-state index >= 15 is 0 Å². The number of thioether (sulfide) groups is 1. The van der Waals surface area contributed by atoms with E-state index in [1.807, 2.05) is 11.8 Å². The fourth-order valence-corrected chi connectivity index (χ4v) is 3.50. The van der Waals surface area contributed by atoms with E-state index in [9.17, 15) is 0 Å². The number of quaternary nitrogens is 1. The Hall–Kier alpha value is -0.510. The second kappa shape index (κ2) is 6.60. The van der Waals surface area contributed by atoms with E-state index in [1.54, 1.807) is 4.90 Å². The summed E-state index contributed by atoms with van der Waals surface area (Å²) in [5.41, 5.74) is 1.33. The van der Waals surface area contributed by atoms with Gasteiger partial charge in [-0.1, -0.05) is 17.7 Å². The van der Waals surface area contributed by atoms with Crippen LogP contribution < -0.4 is 4.90 Å². The number of hydrogen-bond donors (Lipinski definition) is 1. The molecule has 3 heteroatoms. The van der Waals surface area contributed by atoms with E-state index in [2.05, 4.69) is 45.0 Å². The van der Waals surface area contributed by atoms with Crippen LogP contribution in [0.1, 0.15) is 19.4 Å². The van der Waals surface area contributed by atoms with Gasteiger partial charge < -0.3 is 9.64 Å². The predicted molar refractivity (Wildman–Crippen MR) is 77.5 cm³/mol. The quantitative estimate of drug-likeness (QED) is 0.835. The highest BCUT2D eigenvalue weighted by Crippen LogP contribution is 2.17. The lowest BCUT2D eigenvalue weighted by Gasteiger charge is -2.32. The minimum Gasteiger partial charge on any atom is -0.364 e. The Morgan fingerprint density at radius 1 is 1.17 bits per heavy atom. The number of hydrogen-bond acceptors (Lipinski definition) is 2. The third-order valence-corrected chi connectivity index (χ3v) is 4.38. The second-order valence-corrected chi connectivity index (χ2v) is 6.50. The molecule has 0 unspecified atom stereocenters. The van der Waals surface area contributed by atoms with Crippen molar-refractivity contribution in [2.45, 2.75) is 37.9 Å². The Kier molecular flexibility index (Phi) is 5.10. The molecular weight excluding hydrogens is 242 g/mol. The maximum atomic E-state index is 5.77. The Morgan fingerprint density at radius 3 is 2.39 bits per heavy atom. The summed E-state index contributed by atoms with van der Waals surface area (Å²) in [6, 6.07) is 8.82. The third kappa shape index (κ3) is 4.30. The van der Waals surface area contributed by atoms with Gasteiger partial charge in [-0.15, -0.1) is 11.8 Å². The summed E-state index contributed by atoms with van der Waals surface area (Å²) in [5, 5.41) is 0. The first kappa shape index (κ1) is 13.9. The normalized spacial score (nSPS) is 28.3. The van der Waals surface area contributed by atoms with Gasteiger partial charge in [-0.3, -0.25) is 0 Å². The van der Waals surface area contributed by atoms with E-state index in [0.717, 1.165) is 13.1 Å². The molecule has 0 amide bonds. The largest absolute Gasteiger partial charge is 0.364 e. The zero-order valence-corrected chi connectivity index (χ0v) is 12.4. The van der Waals surface area contributed by atoms with E-state index in [1.165, 1.54) is 22.8 Å². The molecule has 0 spiro atoms. The summed E-state index contributed by atoms with van der Waals surface area (Å²) in [6.45, 7) is 10.0. The lowest BCUT2D eigenvalue weighted by Crippen LogP contribution is -3.15. The molecule has 2 nitrogen and oxygen atoms in total. The van der Waals surface area contributed by atoms with Crippen LogP contribution in [-0.4, -0.2) is 37.6 Å². The monoisotopic (exact) mass is 266 g/mol. The molecule has 1 aromatic carbocycles. The molecule has 0 bridgehead atoms. The molecule has 0 radical (unpaired) electrons. The first-order valence-electron chi connectivity index (χ1n) is 6.82. The minimum atomic E-state index is 0.410. The van der Waals surface area contributed by atoms with Crippen molar-refractivity contribution in [3.63, 3.8) is 0 Å². The molecule has 1 aliphatic heterocycles. The van der Waals surface area contributed by atoms with Crippen molar-refractivity contribution in [1.29, 1.82) is 0 Å². The van der Waals surface area contributed by atoms with Gasteiger partial charge in [-0.05, 0) is 32.9 Å². The van der Waals surface area contributed by atoms with Crippen molar-refractivity contribution >= 4 is 11.8 Å². The highest BCUT2D eigenvalue weighted by molar-refractivity contribution is 7.99. The molecule has 2 atom stereocenters. The van der Waals surface area contributed by atoms with Crippen LogP contribution in [0.5, 0.6) is 0 Å². The van der Waals surface area contributed by atoms with Crippen LogP contribution in [0.2, 0.25) is 0 Å². The highest BCUT2D eigenvalue weighted by atomic mass is 32.2. The van der Waals surface area contributed by atoms with Crippen molar-refractivity contribution in [3.05, 3.63) is 29.8 Å². The van der Waals surface area contributed by atoms with Gasteiger partial charge in [0.2, 0.25) is 0 Å². The van der Waals surface area contributed by atoms with Crippen LogP contribution in [0.4, 0.5) is 0 Å². The van der Waals surface area contributed by atoms with Crippen molar-refractivity contribution in [2.75, 3.05) is 25.4 Å². The molecule has 0 aliphatic carbocycles. The summed E-state index contributed by atoms with van der Waals surface area (Å²) >= 11 is 1.96. The van der Waals surface area contributed by atoms with E-state index in [4.69, 9.17) is 4.74 Å². The van der Waals surface area contributed by atoms with Crippen molar-refractivity contribution in [3.8, 4) is 0 Å². The van der Waals surface area contributed by atoms with Crippen LogP contribution in [-0.2, 0) is 4.74 Å². The van der Waals surface area contributed by atoms with Crippen LogP contribution in [0.25, 0.3) is 0 Å². The SMILES string of the molecule is Cc1ccc(SCC[NH+]2C[C@H](C)O[C@@H](C)C2)cc1.